The summed E-state index contributed by atoms with van der Waals surface area (Å²) in [5.74, 6) is -2.44. The predicted octanol–water partition coefficient (Wildman–Crippen LogP) is 2.82. The van der Waals surface area contributed by atoms with Crippen LogP contribution in [0.5, 0.6) is 0 Å². The monoisotopic (exact) mass is 436 g/mol. The zero-order chi connectivity index (χ0) is 21.1. The minimum absolute atomic E-state index is 0.162. The number of hydrogen-bond acceptors (Lipinski definition) is 7. The Labute approximate surface area is 179 Å². The van der Waals surface area contributed by atoms with Gasteiger partial charge in [0.15, 0.2) is 0 Å². The molecule has 2 amide bonds. The molecule has 0 fully saturated rings. The second-order valence-electron chi connectivity index (χ2n) is 6.50. The van der Waals surface area contributed by atoms with Crippen LogP contribution < -0.4 is 11.1 Å². The zero-order valence-electron chi connectivity index (χ0n) is 15.6. The van der Waals surface area contributed by atoms with Crippen molar-refractivity contribution < 1.29 is 14.4 Å². The van der Waals surface area contributed by atoms with Gasteiger partial charge in [0.1, 0.15) is 10.9 Å². The van der Waals surface area contributed by atoms with Gasteiger partial charge in [0.25, 0.3) is 11.8 Å². The first kappa shape index (κ1) is 19.9. The number of ketones is 1. The highest BCUT2D eigenvalue weighted by atomic mass is 32.1. The molecule has 0 spiro atoms. The highest BCUT2D eigenvalue weighted by molar-refractivity contribution is 7.17. The van der Waals surface area contributed by atoms with Gasteiger partial charge < -0.3 is 11.1 Å². The lowest BCUT2D eigenvalue weighted by Gasteiger charge is -2.16. The van der Waals surface area contributed by atoms with Gasteiger partial charge in [-0.15, -0.1) is 11.3 Å². The van der Waals surface area contributed by atoms with E-state index in [-0.39, 0.29) is 6.42 Å². The number of rotatable bonds is 7. The van der Waals surface area contributed by atoms with Crippen molar-refractivity contribution in [1.29, 1.82) is 0 Å². The lowest BCUT2D eigenvalue weighted by Crippen LogP contribution is -2.47. The van der Waals surface area contributed by atoms with Gasteiger partial charge in [-0.25, -0.2) is 0 Å². The maximum atomic E-state index is 13.0. The summed E-state index contributed by atoms with van der Waals surface area (Å²) in [5, 5.41) is 5.57. The number of carbonyl (C=O) groups excluding carboxylic acids is 3. The number of pyridine rings is 1. The summed E-state index contributed by atoms with van der Waals surface area (Å²) in [6.45, 7) is 0. The van der Waals surface area contributed by atoms with E-state index in [0.717, 1.165) is 27.2 Å². The molecule has 0 bridgehead atoms. The van der Waals surface area contributed by atoms with Crippen LogP contribution in [0.15, 0.2) is 60.2 Å². The first-order valence-electron chi connectivity index (χ1n) is 9.00. The first-order valence-corrected chi connectivity index (χ1v) is 10.7. The molecule has 7 nitrogen and oxygen atoms in total. The van der Waals surface area contributed by atoms with Crippen molar-refractivity contribution in [1.82, 2.24) is 14.7 Å². The van der Waals surface area contributed by atoms with Gasteiger partial charge in [0.05, 0.1) is 11.9 Å². The fraction of sp³-hybridized carbons (Fsp3) is 0.0952. The van der Waals surface area contributed by atoms with Crippen molar-refractivity contribution in [3.8, 4) is 11.3 Å². The van der Waals surface area contributed by atoms with E-state index in [9.17, 15) is 14.4 Å². The van der Waals surface area contributed by atoms with Crippen molar-refractivity contribution in [3.63, 3.8) is 0 Å². The molecule has 0 saturated heterocycles. The van der Waals surface area contributed by atoms with Gasteiger partial charge in [-0.1, -0.05) is 24.3 Å². The standard InChI is InChI=1S/C21H16N4O3S2/c22-20(27)18(26)16(9-12-11-29-17-7-2-1-5-13(12)17)25-21(28)19-14(10-24-30-19)15-6-3-4-8-23-15/h1-8,10-11,16H,9H2,(H2,22,27)(H,25,28). The van der Waals surface area contributed by atoms with Gasteiger partial charge in [-0.3, -0.25) is 19.4 Å². The van der Waals surface area contributed by atoms with Gasteiger partial charge >= 0.3 is 0 Å². The zero-order valence-corrected chi connectivity index (χ0v) is 17.2. The number of nitrogens with zero attached hydrogens (tertiary/aromatic N) is 2. The second-order valence-corrected chi connectivity index (χ2v) is 8.21. The Morgan fingerprint density at radius 1 is 1.10 bits per heavy atom. The van der Waals surface area contributed by atoms with Crippen molar-refractivity contribution in [2.75, 3.05) is 0 Å². The molecule has 0 aliphatic rings. The predicted molar refractivity (Wildman–Crippen MR) is 116 cm³/mol. The minimum Gasteiger partial charge on any atom is -0.363 e. The van der Waals surface area contributed by atoms with Crippen LogP contribution in [-0.2, 0) is 16.0 Å². The Hall–Kier alpha value is -3.43. The number of nitrogens with two attached hydrogens (primary N) is 1. The van der Waals surface area contributed by atoms with E-state index in [4.69, 9.17) is 5.73 Å². The number of amides is 2. The molecule has 4 aromatic rings. The SMILES string of the molecule is NC(=O)C(=O)C(Cc1csc2ccccc12)NC(=O)c1sncc1-c1ccccn1. The number of fused-ring (bicyclic) bond motifs is 1. The number of carbonyl (C=O) groups is 3. The highest BCUT2D eigenvalue weighted by Crippen LogP contribution is 2.27. The normalized spacial score (nSPS) is 11.9. The largest absolute Gasteiger partial charge is 0.363 e. The van der Waals surface area contributed by atoms with E-state index in [2.05, 4.69) is 14.7 Å². The molecule has 30 heavy (non-hydrogen) atoms. The number of Topliss-reactive ketones (excluding diaryl/α,β-unsaturated/α-hetero) is 1. The lowest BCUT2D eigenvalue weighted by molar-refractivity contribution is -0.137. The highest BCUT2D eigenvalue weighted by Gasteiger charge is 2.28. The van der Waals surface area contributed by atoms with E-state index in [1.807, 2.05) is 35.7 Å². The summed E-state index contributed by atoms with van der Waals surface area (Å²) in [7, 11) is 0. The molecule has 3 N–H and O–H groups in total. The maximum absolute atomic E-state index is 13.0. The Bertz CT molecular complexity index is 1230. The van der Waals surface area contributed by atoms with Crippen molar-refractivity contribution in [3.05, 3.63) is 70.7 Å². The molecule has 1 atom stereocenters. The quantitative estimate of drug-likeness (QED) is 0.432. The van der Waals surface area contributed by atoms with Crippen molar-refractivity contribution in [2.45, 2.75) is 12.5 Å². The van der Waals surface area contributed by atoms with Gasteiger partial charge in [-0.05, 0) is 46.1 Å². The van der Waals surface area contributed by atoms with Gasteiger partial charge in [-0.2, -0.15) is 4.37 Å². The maximum Gasteiger partial charge on any atom is 0.287 e. The van der Waals surface area contributed by atoms with E-state index < -0.39 is 23.6 Å². The fourth-order valence-corrected chi connectivity index (χ4v) is 4.76. The number of aromatic nitrogens is 2. The Morgan fingerprint density at radius 2 is 1.90 bits per heavy atom. The summed E-state index contributed by atoms with van der Waals surface area (Å²) in [5.41, 5.74) is 7.26. The molecule has 3 aromatic heterocycles. The summed E-state index contributed by atoms with van der Waals surface area (Å²) in [4.78, 5) is 41.6. The van der Waals surface area contributed by atoms with Crippen molar-refractivity contribution in [2.24, 2.45) is 5.73 Å². The third-order valence-electron chi connectivity index (χ3n) is 4.57. The summed E-state index contributed by atoms with van der Waals surface area (Å²) in [6.07, 6.45) is 3.34. The van der Waals surface area contributed by atoms with Gasteiger partial charge in [0, 0.05) is 22.9 Å². The number of thiophene rings is 1. The van der Waals surface area contributed by atoms with E-state index >= 15 is 0 Å². The van der Waals surface area contributed by atoms with Crippen LogP contribution in [0, 0.1) is 0 Å². The molecule has 9 heteroatoms. The van der Waals surface area contributed by atoms with Crippen LogP contribution >= 0.6 is 22.9 Å². The van der Waals surface area contributed by atoms with E-state index in [1.165, 1.54) is 11.3 Å². The molecule has 1 aromatic carbocycles. The molecule has 0 aliphatic carbocycles. The van der Waals surface area contributed by atoms with Crippen LogP contribution in [0.25, 0.3) is 21.3 Å². The molecule has 0 saturated carbocycles. The van der Waals surface area contributed by atoms with Crippen molar-refractivity contribution >= 4 is 50.6 Å². The number of hydrogen-bond donors (Lipinski definition) is 2. The van der Waals surface area contributed by atoms with Crippen LogP contribution in [-0.4, -0.2) is 33.0 Å². The summed E-state index contributed by atoms with van der Waals surface area (Å²) < 4.78 is 5.15. The van der Waals surface area contributed by atoms with Crippen LogP contribution in [0.4, 0.5) is 0 Å². The molecule has 4 rings (SSSR count). The Balaban J connectivity index is 1.62. The molecule has 0 radical (unpaired) electrons. The third-order valence-corrected chi connectivity index (χ3v) is 6.38. The number of nitrogens with one attached hydrogen (secondary N) is 1. The average Bonchev–Trinajstić information content (AvgIpc) is 3.41. The lowest BCUT2D eigenvalue weighted by atomic mass is 10.0. The minimum atomic E-state index is -1.09. The molecule has 0 aliphatic heterocycles. The number of benzene rings is 1. The van der Waals surface area contributed by atoms with Crippen LogP contribution in [0.2, 0.25) is 0 Å². The van der Waals surface area contributed by atoms with Gasteiger partial charge in [0.2, 0.25) is 5.78 Å². The van der Waals surface area contributed by atoms with Crippen LogP contribution in [0.3, 0.4) is 0 Å². The first-order chi connectivity index (χ1) is 14.5. The van der Waals surface area contributed by atoms with Crippen LogP contribution in [0.1, 0.15) is 15.2 Å². The fourth-order valence-electron chi connectivity index (χ4n) is 3.12. The Morgan fingerprint density at radius 3 is 2.67 bits per heavy atom. The Kier molecular flexibility index (Phi) is 5.64. The smallest absolute Gasteiger partial charge is 0.287 e. The molecular weight excluding hydrogens is 420 g/mol. The van der Waals surface area contributed by atoms with E-state index in [1.54, 1.807) is 24.5 Å². The second kappa shape index (κ2) is 8.52. The molecule has 1 unspecified atom stereocenters. The molecule has 150 valence electrons. The molecule has 3 heterocycles. The summed E-state index contributed by atoms with van der Waals surface area (Å²) >= 11 is 2.53. The van der Waals surface area contributed by atoms with E-state index in [0.29, 0.717) is 16.1 Å². The number of primary amides is 1. The third kappa shape index (κ3) is 3.98. The topological polar surface area (TPSA) is 115 Å². The average molecular weight is 437 g/mol. The summed E-state index contributed by atoms with van der Waals surface area (Å²) in [6, 6.07) is 12.0. The molecular formula is C21H16N4O3S2.